The number of aromatic nitrogens is 2. The van der Waals surface area contributed by atoms with E-state index in [2.05, 4.69) is 4.98 Å². The van der Waals surface area contributed by atoms with Crippen molar-refractivity contribution in [2.75, 3.05) is 7.11 Å². The van der Waals surface area contributed by atoms with E-state index in [-0.39, 0.29) is 20.7 Å². The third-order valence-electron chi connectivity index (χ3n) is 2.54. The molecule has 0 saturated carbocycles. The Morgan fingerprint density at radius 2 is 2.00 bits per heavy atom. The Hall–Kier alpha value is -1.24. The highest BCUT2D eigenvalue weighted by atomic mass is 35.5. The van der Waals surface area contributed by atoms with Gasteiger partial charge in [0.2, 0.25) is 0 Å². The summed E-state index contributed by atoms with van der Waals surface area (Å²) in [6.45, 7) is 1.58. The molecule has 102 valence electrons. The van der Waals surface area contributed by atoms with Crippen LogP contribution in [-0.4, -0.2) is 24.5 Å². The van der Waals surface area contributed by atoms with Crippen LogP contribution in [0, 0.1) is 6.92 Å². The van der Waals surface area contributed by atoms with Gasteiger partial charge in [0.1, 0.15) is 15.7 Å². The fraction of sp³-hybridized carbons (Fsp3) is 0.182. The molecule has 0 unspecified atom stereocenters. The molecule has 0 spiro atoms. The molecule has 0 bridgehead atoms. The third-order valence-corrected chi connectivity index (χ3v) is 5.11. The highest BCUT2D eigenvalue weighted by Crippen LogP contribution is 2.38. The fourth-order valence-electron chi connectivity index (χ4n) is 1.63. The fourth-order valence-corrected chi connectivity index (χ4v) is 3.56. The lowest BCUT2D eigenvalue weighted by Crippen LogP contribution is -2.15. The van der Waals surface area contributed by atoms with Gasteiger partial charge in [-0.05, 0) is 19.1 Å². The van der Waals surface area contributed by atoms with Crippen LogP contribution in [0.25, 0.3) is 0 Å². The second kappa shape index (κ2) is 5.03. The van der Waals surface area contributed by atoms with Crippen LogP contribution in [0.5, 0.6) is 5.75 Å². The number of benzene rings is 1. The summed E-state index contributed by atoms with van der Waals surface area (Å²) >= 11 is 11.8. The minimum Gasteiger partial charge on any atom is -0.494 e. The first-order valence-corrected chi connectivity index (χ1v) is 7.36. The number of hydrogen-bond donors (Lipinski definition) is 0. The number of imidazole rings is 1. The summed E-state index contributed by atoms with van der Waals surface area (Å²) in [5, 5.41) is 0.280. The van der Waals surface area contributed by atoms with Crippen LogP contribution in [0.3, 0.4) is 0 Å². The van der Waals surface area contributed by atoms with Crippen LogP contribution in [0.15, 0.2) is 29.4 Å². The summed E-state index contributed by atoms with van der Waals surface area (Å²) in [4.78, 5) is 3.82. The molecule has 0 fully saturated rings. The molecule has 0 radical (unpaired) electrons. The maximum absolute atomic E-state index is 12.5. The zero-order valence-corrected chi connectivity index (χ0v) is 12.4. The monoisotopic (exact) mass is 320 g/mol. The molecule has 0 saturated heterocycles. The first-order chi connectivity index (χ1) is 8.89. The Balaban J connectivity index is 2.73. The van der Waals surface area contributed by atoms with Gasteiger partial charge in [0, 0.05) is 12.4 Å². The van der Waals surface area contributed by atoms with Gasteiger partial charge in [-0.1, -0.05) is 23.2 Å². The van der Waals surface area contributed by atoms with Crippen LogP contribution >= 0.6 is 23.2 Å². The molecule has 5 nitrogen and oxygen atoms in total. The van der Waals surface area contributed by atoms with Crippen LogP contribution in [0.4, 0.5) is 0 Å². The molecular weight excluding hydrogens is 311 g/mol. The van der Waals surface area contributed by atoms with E-state index in [4.69, 9.17) is 27.9 Å². The summed E-state index contributed by atoms with van der Waals surface area (Å²) < 4.78 is 31.1. The van der Waals surface area contributed by atoms with Gasteiger partial charge in [0.15, 0.2) is 5.75 Å². The Morgan fingerprint density at radius 1 is 1.32 bits per heavy atom. The highest BCUT2D eigenvalue weighted by Gasteiger charge is 2.25. The summed E-state index contributed by atoms with van der Waals surface area (Å²) in [6, 6.07) is 2.76. The number of hydrogen-bond acceptors (Lipinski definition) is 4. The Bertz CT molecular complexity index is 726. The Kier molecular flexibility index (Phi) is 3.75. The highest BCUT2D eigenvalue weighted by molar-refractivity contribution is 7.90. The Labute approximate surface area is 120 Å². The number of methoxy groups -OCH3 is 1. The van der Waals surface area contributed by atoms with Gasteiger partial charge in [0.25, 0.3) is 10.0 Å². The summed E-state index contributed by atoms with van der Waals surface area (Å²) in [7, 11) is -2.49. The Morgan fingerprint density at radius 3 is 2.53 bits per heavy atom. The molecule has 1 aromatic heterocycles. The van der Waals surface area contributed by atoms with Crippen LogP contribution in [0.2, 0.25) is 10.0 Å². The van der Waals surface area contributed by atoms with Crippen LogP contribution in [-0.2, 0) is 10.0 Å². The van der Waals surface area contributed by atoms with Gasteiger partial charge in [-0.3, -0.25) is 0 Å². The van der Waals surface area contributed by atoms with Crippen molar-refractivity contribution in [3.63, 3.8) is 0 Å². The zero-order chi connectivity index (χ0) is 14.2. The number of halogens is 2. The average Bonchev–Trinajstić information content (AvgIpc) is 2.79. The van der Waals surface area contributed by atoms with E-state index in [9.17, 15) is 8.42 Å². The topological polar surface area (TPSA) is 61.2 Å². The number of nitrogens with zero attached hydrogens (tertiary/aromatic N) is 2. The molecule has 0 atom stereocenters. The SMILES string of the molecule is COc1c(S(=O)(=O)n2ccnc2C)ccc(Cl)c1Cl. The van der Waals surface area contributed by atoms with Gasteiger partial charge < -0.3 is 4.74 Å². The quantitative estimate of drug-likeness (QED) is 0.872. The van der Waals surface area contributed by atoms with E-state index in [0.717, 1.165) is 3.97 Å². The van der Waals surface area contributed by atoms with E-state index in [1.807, 2.05) is 0 Å². The van der Waals surface area contributed by atoms with Gasteiger partial charge in [-0.15, -0.1) is 0 Å². The standard InChI is InChI=1S/C11H10Cl2N2O3S/c1-7-14-5-6-15(7)19(16,17)9-4-3-8(12)10(13)11(9)18-2/h3-6H,1-2H3. The minimum atomic E-state index is -3.82. The van der Waals surface area contributed by atoms with Crippen molar-refractivity contribution < 1.29 is 13.2 Å². The minimum absolute atomic E-state index is 0.0160. The van der Waals surface area contributed by atoms with Crippen molar-refractivity contribution in [2.45, 2.75) is 11.8 Å². The van der Waals surface area contributed by atoms with Gasteiger partial charge >= 0.3 is 0 Å². The van der Waals surface area contributed by atoms with Crippen molar-refractivity contribution in [3.8, 4) is 5.75 Å². The molecule has 0 N–H and O–H groups in total. The lowest BCUT2D eigenvalue weighted by Gasteiger charge is -2.13. The molecule has 0 aliphatic heterocycles. The molecule has 0 amide bonds. The molecule has 0 aliphatic rings. The predicted octanol–water partition coefficient (Wildman–Crippen LogP) is 2.74. The summed E-state index contributed by atoms with van der Waals surface area (Å²) in [6.07, 6.45) is 2.75. The molecular formula is C11H10Cl2N2O3S. The normalized spacial score (nSPS) is 11.6. The van der Waals surface area contributed by atoms with Crippen LogP contribution in [0.1, 0.15) is 5.82 Å². The van der Waals surface area contributed by atoms with E-state index in [0.29, 0.717) is 5.82 Å². The van der Waals surface area contributed by atoms with Crippen molar-refractivity contribution in [2.24, 2.45) is 0 Å². The summed E-state index contributed by atoms with van der Waals surface area (Å²) in [5.41, 5.74) is 0. The van der Waals surface area contributed by atoms with Gasteiger partial charge in [-0.2, -0.15) is 0 Å². The maximum atomic E-state index is 12.5. The number of aryl methyl sites for hydroxylation is 1. The van der Waals surface area contributed by atoms with Crippen molar-refractivity contribution in [1.29, 1.82) is 0 Å². The predicted molar refractivity (Wildman–Crippen MR) is 72.6 cm³/mol. The van der Waals surface area contributed by atoms with E-state index in [1.165, 1.54) is 31.6 Å². The maximum Gasteiger partial charge on any atom is 0.272 e. The van der Waals surface area contributed by atoms with Crippen molar-refractivity contribution in [1.82, 2.24) is 8.96 Å². The molecule has 19 heavy (non-hydrogen) atoms. The largest absolute Gasteiger partial charge is 0.494 e. The van der Waals surface area contributed by atoms with E-state index >= 15 is 0 Å². The van der Waals surface area contributed by atoms with Crippen LogP contribution < -0.4 is 4.74 Å². The zero-order valence-electron chi connectivity index (χ0n) is 10.1. The molecule has 2 rings (SSSR count). The van der Waals surface area contributed by atoms with Crippen molar-refractivity contribution in [3.05, 3.63) is 40.4 Å². The second-order valence-corrected chi connectivity index (χ2v) is 6.24. The van der Waals surface area contributed by atoms with Gasteiger partial charge in [-0.25, -0.2) is 17.4 Å². The van der Waals surface area contributed by atoms with E-state index in [1.54, 1.807) is 6.92 Å². The molecule has 0 aliphatic carbocycles. The molecule has 8 heteroatoms. The summed E-state index contributed by atoms with van der Waals surface area (Å²) in [5.74, 6) is 0.357. The molecule has 1 heterocycles. The number of ether oxygens (including phenoxy) is 1. The smallest absolute Gasteiger partial charge is 0.272 e. The first kappa shape index (κ1) is 14.2. The molecule has 1 aromatic carbocycles. The first-order valence-electron chi connectivity index (χ1n) is 5.17. The van der Waals surface area contributed by atoms with Crippen molar-refractivity contribution >= 4 is 33.2 Å². The van der Waals surface area contributed by atoms with Gasteiger partial charge in [0.05, 0.1) is 12.1 Å². The average molecular weight is 321 g/mol. The third kappa shape index (κ3) is 2.31. The lowest BCUT2D eigenvalue weighted by molar-refractivity contribution is 0.402. The lowest BCUT2D eigenvalue weighted by atomic mass is 10.3. The van der Waals surface area contributed by atoms with E-state index < -0.39 is 10.0 Å². The second-order valence-electron chi connectivity index (χ2n) is 3.67. The number of rotatable bonds is 3. The molecule has 2 aromatic rings.